The number of benzene rings is 1. The van der Waals surface area contributed by atoms with Crippen molar-refractivity contribution in [2.24, 2.45) is 0 Å². The van der Waals surface area contributed by atoms with Crippen molar-refractivity contribution < 1.29 is 14.1 Å². The highest BCUT2D eigenvalue weighted by molar-refractivity contribution is 5.95. The van der Waals surface area contributed by atoms with E-state index in [1.54, 1.807) is 0 Å². The highest BCUT2D eigenvalue weighted by Crippen LogP contribution is 2.30. The number of anilines is 2. The van der Waals surface area contributed by atoms with Crippen molar-refractivity contribution in [3.8, 4) is 0 Å². The molecule has 1 heterocycles. The molecule has 10 heteroatoms. The quantitative estimate of drug-likeness (QED) is 0.394. The minimum atomic E-state index is -0.592. The number of nitro groups is 1. The second kappa shape index (κ2) is 9.07. The highest BCUT2D eigenvalue weighted by Gasteiger charge is 2.25. The first-order valence-electron chi connectivity index (χ1n) is 9.12. The van der Waals surface area contributed by atoms with E-state index < -0.39 is 16.6 Å². The monoisotopic (exact) mass is 388 g/mol. The summed E-state index contributed by atoms with van der Waals surface area (Å²) in [6.45, 7) is 0. The third kappa shape index (κ3) is 4.90. The van der Waals surface area contributed by atoms with Gasteiger partial charge in [-0.2, -0.15) is 0 Å². The molecule has 1 aromatic heterocycles. The van der Waals surface area contributed by atoms with Crippen molar-refractivity contribution in [2.75, 3.05) is 10.7 Å². The molecule has 148 valence electrons. The van der Waals surface area contributed by atoms with Gasteiger partial charge in [-0.3, -0.25) is 25.8 Å². The Hall–Kier alpha value is -3.30. The fraction of sp³-hybridized carbons (Fsp3) is 0.389. The number of rotatable bonds is 6. The molecule has 1 fully saturated rings. The van der Waals surface area contributed by atoms with Crippen molar-refractivity contribution in [1.29, 1.82) is 0 Å². The zero-order valence-corrected chi connectivity index (χ0v) is 15.2. The third-order valence-corrected chi connectivity index (χ3v) is 4.60. The van der Waals surface area contributed by atoms with Crippen LogP contribution in [0.5, 0.6) is 0 Å². The normalized spacial score (nSPS) is 14.8. The SMILES string of the molecule is O=C(NNc1ncnc(NC2CCCCCC2)c1[N+](=O)[O-])c1ccc(F)cc1. The van der Waals surface area contributed by atoms with E-state index in [1.807, 2.05) is 0 Å². The molecular weight excluding hydrogens is 367 g/mol. The number of hydrogen-bond donors (Lipinski definition) is 3. The van der Waals surface area contributed by atoms with Crippen molar-refractivity contribution in [2.45, 2.75) is 44.6 Å². The van der Waals surface area contributed by atoms with Crippen LogP contribution in [-0.4, -0.2) is 26.8 Å². The maximum Gasteiger partial charge on any atom is 0.354 e. The molecule has 1 amide bonds. The summed E-state index contributed by atoms with van der Waals surface area (Å²) in [7, 11) is 0. The van der Waals surface area contributed by atoms with E-state index >= 15 is 0 Å². The zero-order chi connectivity index (χ0) is 19.9. The van der Waals surface area contributed by atoms with Gasteiger partial charge in [0.2, 0.25) is 11.6 Å². The Morgan fingerprint density at radius 1 is 1.07 bits per heavy atom. The summed E-state index contributed by atoms with van der Waals surface area (Å²) in [5.74, 6) is -1.06. The van der Waals surface area contributed by atoms with Gasteiger partial charge in [0.15, 0.2) is 0 Å². The van der Waals surface area contributed by atoms with Crippen LogP contribution in [-0.2, 0) is 0 Å². The Balaban J connectivity index is 1.74. The number of hydrogen-bond acceptors (Lipinski definition) is 7. The van der Waals surface area contributed by atoms with Crippen LogP contribution in [0.2, 0.25) is 0 Å². The van der Waals surface area contributed by atoms with E-state index in [2.05, 4.69) is 26.1 Å². The third-order valence-electron chi connectivity index (χ3n) is 4.60. The molecule has 0 radical (unpaired) electrons. The Morgan fingerprint density at radius 2 is 1.71 bits per heavy atom. The van der Waals surface area contributed by atoms with Crippen LogP contribution in [0.4, 0.5) is 21.7 Å². The van der Waals surface area contributed by atoms with Gasteiger partial charge in [-0.15, -0.1) is 0 Å². The van der Waals surface area contributed by atoms with Gasteiger partial charge in [-0.1, -0.05) is 25.7 Å². The van der Waals surface area contributed by atoms with Crippen LogP contribution in [0.1, 0.15) is 48.9 Å². The minimum Gasteiger partial charge on any atom is -0.361 e. The molecular formula is C18H21FN6O3. The molecule has 1 aliphatic carbocycles. The van der Waals surface area contributed by atoms with Crippen LogP contribution in [0, 0.1) is 15.9 Å². The standard InChI is InChI=1S/C18H21FN6O3/c19-13-9-7-12(8-10-13)18(26)24-23-17-15(25(27)28)16(20-11-21-17)22-14-5-3-1-2-4-6-14/h7-11,14H,1-6H2,(H,24,26)(H2,20,21,22,23). The van der Waals surface area contributed by atoms with Gasteiger partial charge in [-0.25, -0.2) is 14.4 Å². The second-order valence-electron chi connectivity index (χ2n) is 6.60. The fourth-order valence-corrected chi connectivity index (χ4v) is 3.16. The lowest BCUT2D eigenvalue weighted by atomic mass is 10.1. The number of amides is 1. The number of carbonyl (C=O) groups is 1. The van der Waals surface area contributed by atoms with Gasteiger partial charge in [0.05, 0.1) is 4.92 Å². The van der Waals surface area contributed by atoms with Crippen LogP contribution in [0.3, 0.4) is 0 Å². The Kier molecular flexibility index (Phi) is 6.30. The summed E-state index contributed by atoms with van der Waals surface area (Å²) < 4.78 is 13.0. The maximum atomic E-state index is 13.0. The zero-order valence-electron chi connectivity index (χ0n) is 15.2. The van der Waals surface area contributed by atoms with Gasteiger partial charge >= 0.3 is 5.69 Å². The molecule has 0 atom stereocenters. The molecule has 0 unspecified atom stereocenters. The van der Waals surface area contributed by atoms with Gasteiger partial charge in [0, 0.05) is 11.6 Å². The van der Waals surface area contributed by atoms with E-state index in [9.17, 15) is 19.3 Å². The first-order valence-corrected chi connectivity index (χ1v) is 9.12. The number of halogens is 1. The predicted octanol–water partition coefficient (Wildman–Crippen LogP) is 3.42. The summed E-state index contributed by atoms with van der Waals surface area (Å²) >= 11 is 0. The molecule has 0 spiro atoms. The van der Waals surface area contributed by atoms with Crippen molar-refractivity contribution in [1.82, 2.24) is 15.4 Å². The molecule has 0 bridgehead atoms. The molecule has 3 rings (SSSR count). The van der Waals surface area contributed by atoms with Crippen LogP contribution >= 0.6 is 0 Å². The molecule has 28 heavy (non-hydrogen) atoms. The topological polar surface area (TPSA) is 122 Å². The summed E-state index contributed by atoms with van der Waals surface area (Å²) in [6.07, 6.45) is 7.48. The summed E-state index contributed by atoms with van der Waals surface area (Å²) in [5.41, 5.74) is 4.66. The van der Waals surface area contributed by atoms with Gasteiger partial charge in [-0.05, 0) is 37.1 Å². The average molecular weight is 388 g/mol. The van der Waals surface area contributed by atoms with E-state index in [0.717, 1.165) is 50.7 Å². The van der Waals surface area contributed by atoms with Crippen molar-refractivity contribution in [3.63, 3.8) is 0 Å². The van der Waals surface area contributed by atoms with Crippen LogP contribution in [0.25, 0.3) is 0 Å². The summed E-state index contributed by atoms with van der Waals surface area (Å²) in [5, 5.41) is 14.7. The molecule has 1 aromatic carbocycles. The Bertz CT molecular complexity index is 838. The maximum absolute atomic E-state index is 13.0. The summed E-state index contributed by atoms with van der Waals surface area (Å²) in [4.78, 5) is 31.0. The number of carbonyl (C=O) groups excluding carboxylic acids is 1. The van der Waals surface area contributed by atoms with E-state index in [-0.39, 0.29) is 28.9 Å². The first-order chi connectivity index (χ1) is 13.5. The lowest BCUT2D eigenvalue weighted by Gasteiger charge is -2.17. The first kappa shape index (κ1) is 19.5. The van der Waals surface area contributed by atoms with Crippen molar-refractivity contribution in [3.05, 3.63) is 52.1 Å². The molecule has 1 aliphatic rings. The Labute approximate surface area is 160 Å². The minimum absolute atomic E-state index is 0.109. The number of hydrazine groups is 1. The van der Waals surface area contributed by atoms with Crippen LogP contribution in [0.15, 0.2) is 30.6 Å². The van der Waals surface area contributed by atoms with Crippen LogP contribution < -0.4 is 16.2 Å². The fourth-order valence-electron chi connectivity index (χ4n) is 3.16. The Morgan fingerprint density at radius 3 is 2.36 bits per heavy atom. The molecule has 0 saturated heterocycles. The molecule has 1 saturated carbocycles. The molecule has 3 N–H and O–H groups in total. The number of aromatic nitrogens is 2. The van der Waals surface area contributed by atoms with E-state index in [0.29, 0.717) is 0 Å². The lowest BCUT2D eigenvalue weighted by molar-refractivity contribution is -0.383. The number of nitrogens with zero attached hydrogens (tertiary/aromatic N) is 3. The van der Waals surface area contributed by atoms with E-state index in [1.165, 1.54) is 18.5 Å². The lowest BCUT2D eigenvalue weighted by Crippen LogP contribution is -2.30. The number of nitrogens with one attached hydrogen (secondary N) is 3. The van der Waals surface area contributed by atoms with Gasteiger partial charge in [0.1, 0.15) is 12.1 Å². The molecule has 9 nitrogen and oxygen atoms in total. The summed E-state index contributed by atoms with van der Waals surface area (Å²) in [6, 6.07) is 5.02. The smallest absolute Gasteiger partial charge is 0.354 e. The van der Waals surface area contributed by atoms with E-state index in [4.69, 9.17) is 0 Å². The predicted molar refractivity (Wildman–Crippen MR) is 101 cm³/mol. The van der Waals surface area contributed by atoms with Crippen molar-refractivity contribution >= 4 is 23.2 Å². The van der Waals surface area contributed by atoms with Gasteiger partial charge < -0.3 is 5.32 Å². The molecule has 2 aromatic rings. The second-order valence-corrected chi connectivity index (χ2v) is 6.60. The molecule has 0 aliphatic heterocycles. The largest absolute Gasteiger partial charge is 0.361 e. The highest BCUT2D eigenvalue weighted by atomic mass is 19.1. The average Bonchev–Trinajstić information content (AvgIpc) is 2.95. The van der Waals surface area contributed by atoms with Gasteiger partial charge in [0.25, 0.3) is 5.91 Å².